The Labute approximate surface area is 192 Å². The smallest absolute Gasteiger partial charge is 0.449 e. The van der Waals surface area contributed by atoms with E-state index in [0.29, 0.717) is 18.0 Å². The average Bonchev–Trinajstić information content (AvgIpc) is 3.10. The molecule has 0 radical (unpaired) electrons. The van der Waals surface area contributed by atoms with Gasteiger partial charge in [-0.1, -0.05) is 48.6 Å². The molecule has 3 atom stereocenters. The monoisotopic (exact) mass is 458 g/mol. The summed E-state index contributed by atoms with van der Waals surface area (Å²) in [5.41, 5.74) is 1.36. The number of nitrogens with one attached hydrogen (secondary N) is 1. The quantitative estimate of drug-likeness (QED) is 0.583. The third-order valence-corrected chi connectivity index (χ3v) is 6.80. The number of rotatable bonds is 6. The number of benzene rings is 1. The van der Waals surface area contributed by atoms with Crippen LogP contribution >= 0.6 is 11.3 Å². The van der Waals surface area contributed by atoms with Gasteiger partial charge in [-0.3, -0.25) is 9.59 Å². The number of hydrogen-bond donors (Lipinski definition) is 2. The number of thiophene rings is 1. The molecule has 3 unspecified atom stereocenters. The molecule has 3 rings (SSSR count). The summed E-state index contributed by atoms with van der Waals surface area (Å²) in [5.74, 6) is -0.247. The Kier molecular flexibility index (Phi) is 7.56. The molecule has 2 N–H and O–H groups in total. The second-order valence-electron chi connectivity index (χ2n) is 8.65. The second kappa shape index (κ2) is 10.2. The van der Waals surface area contributed by atoms with Crippen LogP contribution in [-0.2, 0) is 9.59 Å². The minimum Gasteiger partial charge on any atom is -0.449 e. The fourth-order valence-electron chi connectivity index (χ4n) is 4.36. The molecule has 2 amide bonds. The van der Waals surface area contributed by atoms with Gasteiger partial charge in [0.1, 0.15) is 0 Å². The van der Waals surface area contributed by atoms with Crippen molar-refractivity contribution in [3.8, 4) is 15.5 Å². The SMILES string of the molecule is CC(=O)NC1CC(C)CCC1C(=O)N(c1cc(-c2ccccc2)sc1OC(=O)O)C(C)C. The van der Waals surface area contributed by atoms with Crippen molar-refractivity contribution in [2.75, 3.05) is 4.90 Å². The van der Waals surface area contributed by atoms with Crippen LogP contribution in [0.5, 0.6) is 5.06 Å². The Balaban J connectivity index is 2.01. The van der Waals surface area contributed by atoms with Crippen molar-refractivity contribution >= 4 is 35.0 Å². The normalized spacial score (nSPS) is 20.6. The van der Waals surface area contributed by atoms with Gasteiger partial charge in [-0.05, 0) is 50.7 Å². The lowest BCUT2D eigenvalue weighted by Gasteiger charge is -2.38. The summed E-state index contributed by atoms with van der Waals surface area (Å²) in [4.78, 5) is 39.4. The van der Waals surface area contributed by atoms with Gasteiger partial charge in [0.05, 0.1) is 11.6 Å². The van der Waals surface area contributed by atoms with Gasteiger partial charge in [-0.2, -0.15) is 0 Å². The van der Waals surface area contributed by atoms with Crippen LogP contribution in [0.1, 0.15) is 47.0 Å². The van der Waals surface area contributed by atoms with Gasteiger partial charge in [0.2, 0.25) is 16.9 Å². The Morgan fingerprint density at radius 1 is 1.19 bits per heavy atom. The molecule has 1 saturated carbocycles. The topological polar surface area (TPSA) is 95.9 Å². The van der Waals surface area contributed by atoms with Crippen molar-refractivity contribution in [3.63, 3.8) is 0 Å². The van der Waals surface area contributed by atoms with Gasteiger partial charge in [0, 0.05) is 23.9 Å². The van der Waals surface area contributed by atoms with Gasteiger partial charge >= 0.3 is 6.16 Å². The summed E-state index contributed by atoms with van der Waals surface area (Å²) < 4.78 is 5.10. The highest BCUT2D eigenvalue weighted by molar-refractivity contribution is 7.18. The van der Waals surface area contributed by atoms with Gasteiger partial charge in [0.25, 0.3) is 0 Å². The van der Waals surface area contributed by atoms with E-state index in [2.05, 4.69) is 12.2 Å². The summed E-state index contributed by atoms with van der Waals surface area (Å²) in [6, 6.07) is 10.9. The van der Waals surface area contributed by atoms with E-state index in [1.165, 1.54) is 18.3 Å². The fraction of sp³-hybridized carbons (Fsp3) is 0.458. The first kappa shape index (κ1) is 23.8. The molecule has 0 bridgehead atoms. The number of ether oxygens (including phenoxy) is 1. The summed E-state index contributed by atoms with van der Waals surface area (Å²) in [6.07, 6.45) is 0.875. The second-order valence-corrected chi connectivity index (χ2v) is 9.67. The Morgan fingerprint density at radius 2 is 1.88 bits per heavy atom. The van der Waals surface area contributed by atoms with Gasteiger partial charge in [-0.25, -0.2) is 4.79 Å². The molecule has 1 aromatic carbocycles. The Bertz CT molecular complexity index is 972. The number of carbonyl (C=O) groups is 3. The molecule has 32 heavy (non-hydrogen) atoms. The molecular weight excluding hydrogens is 428 g/mol. The summed E-state index contributed by atoms with van der Waals surface area (Å²) in [6.45, 7) is 7.37. The molecular formula is C24H30N2O5S. The summed E-state index contributed by atoms with van der Waals surface area (Å²) in [5, 5.41) is 12.4. The van der Waals surface area contributed by atoms with Crippen LogP contribution in [0.3, 0.4) is 0 Å². The third-order valence-electron chi connectivity index (χ3n) is 5.75. The van der Waals surface area contributed by atoms with Crippen LogP contribution in [0.25, 0.3) is 10.4 Å². The molecule has 1 aliphatic rings. The predicted octanol–water partition coefficient (Wildman–Crippen LogP) is 5.15. The van der Waals surface area contributed by atoms with E-state index in [1.54, 1.807) is 4.90 Å². The van der Waals surface area contributed by atoms with Gasteiger partial charge in [0.15, 0.2) is 0 Å². The van der Waals surface area contributed by atoms with Crippen LogP contribution in [0.2, 0.25) is 0 Å². The molecule has 7 nitrogen and oxygen atoms in total. The van der Waals surface area contributed by atoms with Crippen molar-refractivity contribution in [2.24, 2.45) is 11.8 Å². The van der Waals surface area contributed by atoms with E-state index < -0.39 is 6.16 Å². The molecule has 8 heteroatoms. The number of hydrogen-bond acceptors (Lipinski definition) is 5. The van der Waals surface area contributed by atoms with Crippen LogP contribution in [0.15, 0.2) is 36.4 Å². The Morgan fingerprint density at radius 3 is 2.47 bits per heavy atom. The van der Waals surface area contributed by atoms with Crippen LogP contribution in [0, 0.1) is 11.8 Å². The first-order chi connectivity index (χ1) is 15.2. The Hall–Kier alpha value is -2.87. The molecule has 172 valence electrons. The van der Waals surface area contributed by atoms with E-state index >= 15 is 0 Å². The minimum absolute atomic E-state index is 0.127. The van der Waals surface area contributed by atoms with E-state index in [-0.39, 0.29) is 34.9 Å². The zero-order valence-corrected chi connectivity index (χ0v) is 19.6. The number of carboxylic acid groups (broad SMARTS) is 1. The predicted molar refractivity (Wildman–Crippen MR) is 125 cm³/mol. The maximum absolute atomic E-state index is 13.8. The van der Waals surface area contributed by atoms with Crippen molar-refractivity contribution in [2.45, 2.75) is 59.0 Å². The van der Waals surface area contributed by atoms with E-state index in [4.69, 9.17) is 4.74 Å². The lowest BCUT2D eigenvalue weighted by Crippen LogP contribution is -2.52. The van der Waals surface area contributed by atoms with Crippen LogP contribution in [-0.4, -0.2) is 35.2 Å². The van der Waals surface area contributed by atoms with E-state index in [0.717, 1.165) is 23.3 Å². The molecule has 0 spiro atoms. The van der Waals surface area contributed by atoms with Crippen molar-refractivity contribution < 1.29 is 24.2 Å². The minimum atomic E-state index is -1.42. The van der Waals surface area contributed by atoms with Crippen molar-refractivity contribution in [3.05, 3.63) is 36.4 Å². The number of carbonyl (C=O) groups excluding carboxylic acids is 2. The highest BCUT2D eigenvalue weighted by atomic mass is 32.1. The van der Waals surface area contributed by atoms with E-state index in [9.17, 15) is 19.5 Å². The zero-order chi connectivity index (χ0) is 23.4. The molecule has 1 heterocycles. The fourth-order valence-corrected chi connectivity index (χ4v) is 5.36. The third kappa shape index (κ3) is 5.48. The lowest BCUT2D eigenvalue weighted by atomic mass is 9.78. The maximum atomic E-state index is 13.8. The maximum Gasteiger partial charge on any atom is 0.512 e. The van der Waals surface area contributed by atoms with Crippen LogP contribution < -0.4 is 15.0 Å². The van der Waals surface area contributed by atoms with E-state index in [1.807, 2.05) is 50.2 Å². The zero-order valence-electron chi connectivity index (χ0n) is 18.8. The molecule has 0 aliphatic heterocycles. The average molecular weight is 459 g/mol. The largest absolute Gasteiger partial charge is 0.512 e. The summed E-state index contributed by atoms with van der Waals surface area (Å²) in [7, 11) is 0. The first-order valence-corrected chi connectivity index (χ1v) is 11.7. The molecule has 1 aliphatic carbocycles. The van der Waals surface area contributed by atoms with Crippen LogP contribution in [0.4, 0.5) is 10.5 Å². The van der Waals surface area contributed by atoms with Crippen molar-refractivity contribution in [1.82, 2.24) is 5.32 Å². The number of anilines is 1. The van der Waals surface area contributed by atoms with Gasteiger partial charge < -0.3 is 20.1 Å². The number of amides is 2. The highest BCUT2D eigenvalue weighted by Crippen LogP contribution is 2.44. The lowest BCUT2D eigenvalue weighted by molar-refractivity contribution is -0.126. The van der Waals surface area contributed by atoms with Crippen molar-refractivity contribution in [1.29, 1.82) is 0 Å². The highest BCUT2D eigenvalue weighted by Gasteiger charge is 2.39. The van der Waals surface area contributed by atoms with Gasteiger partial charge in [-0.15, -0.1) is 0 Å². The first-order valence-electron chi connectivity index (χ1n) is 10.9. The molecule has 2 aromatic rings. The molecule has 1 aromatic heterocycles. The standard InChI is InChI=1S/C24H30N2O5S/c1-14(2)26(22(28)18-11-10-15(3)12-19(18)25-16(4)27)20-13-21(17-8-6-5-7-9-17)32-23(20)31-24(29)30/h5-9,13-15,18-19H,10-12H2,1-4H3,(H,25,27)(H,29,30). The molecule has 1 fully saturated rings. The number of nitrogens with zero attached hydrogens (tertiary/aromatic N) is 1. The molecule has 0 saturated heterocycles. The summed E-state index contributed by atoms with van der Waals surface area (Å²) >= 11 is 1.20.